The third-order valence-electron chi connectivity index (χ3n) is 6.15. The zero-order chi connectivity index (χ0) is 14.0. The van der Waals surface area contributed by atoms with Gasteiger partial charge in [0.1, 0.15) is 0 Å². The van der Waals surface area contributed by atoms with E-state index in [1.54, 1.807) is 0 Å². The molecule has 1 aromatic rings. The Hall–Kier alpha value is -1.57. The molecule has 4 rings (SSSR count). The molecule has 0 heterocycles. The maximum Gasteiger partial charge on any atom is 0.224 e. The van der Waals surface area contributed by atoms with E-state index in [1.165, 1.54) is 22.3 Å². The number of carbonyl (C=O) groups excluding carboxylic acids is 1. The molecule has 2 heteroatoms. The lowest BCUT2D eigenvalue weighted by molar-refractivity contribution is -0.138. The third-order valence-corrected chi connectivity index (χ3v) is 6.15. The van der Waals surface area contributed by atoms with E-state index in [4.69, 9.17) is 5.73 Å². The fraction of sp³-hybridized carbons (Fsp3) is 0.500. The highest BCUT2D eigenvalue weighted by Crippen LogP contribution is 2.67. The topological polar surface area (TPSA) is 43.1 Å². The summed E-state index contributed by atoms with van der Waals surface area (Å²) in [6, 6.07) is 6.63. The normalized spacial score (nSPS) is 34.1. The Bertz CT molecular complexity index is 645. The molecule has 3 aliphatic carbocycles. The van der Waals surface area contributed by atoms with Crippen molar-refractivity contribution in [2.24, 2.45) is 11.1 Å². The summed E-state index contributed by atoms with van der Waals surface area (Å²) in [7, 11) is 0. The number of allylic oxidation sites excluding steroid dienone is 1. The van der Waals surface area contributed by atoms with Crippen LogP contribution >= 0.6 is 0 Å². The first-order valence-corrected chi connectivity index (χ1v) is 7.69. The van der Waals surface area contributed by atoms with Crippen LogP contribution in [0.4, 0.5) is 0 Å². The summed E-state index contributed by atoms with van der Waals surface area (Å²) in [6.45, 7) is 2.19. The smallest absolute Gasteiger partial charge is 0.224 e. The molecule has 1 amide bonds. The van der Waals surface area contributed by atoms with Crippen LogP contribution < -0.4 is 5.73 Å². The first kappa shape index (κ1) is 12.2. The minimum absolute atomic E-state index is 0.0330. The van der Waals surface area contributed by atoms with Crippen LogP contribution in [0.5, 0.6) is 0 Å². The minimum atomic E-state index is -0.257. The fourth-order valence-electron chi connectivity index (χ4n) is 5.11. The van der Waals surface area contributed by atoms with Gasteiger partial charge in [-0.2, -0.15) is 0 Å². The van der Waals surface area contributed by atoms with Gasteiger partial charge in [0, 0.05) is 5.41 Å². The van der Waals surface area contributed by atoms with Crippen molar-refractivity contribution < 1.29 is 4.79 Å². The van der Waals surface area contributed by atoms with Gasteiger partial charge >= 0.3 is 0 Å². The molecule has 0 bridgehead atoms. The molecule has 2 nitrogen and oxygen atoms in total. The summed E-state index contributed by atoms with van der Waals surface area (Å²) < 4.78 is 0. The van der Waals surface area contributed by atoms with Gasteiger partial charge in [-0.1, -0.05) is 36.3 Å². The van der Waals surface area contributed by atoms with Gasteiger partial charge in [0.05, 0.1) is 5.41 Å². The second-order valence-electron chi connectivity index (χ2n) is 6.93. The molecule has 2 fully saturated rings. The molecular formula is C18H21NO. The van der Waals surface area contributed by atoms with Crippen molar-refractivity contribution in [3.8, 4) is 0 Å². The van der Waals surface area contributed by atoms with Crippen LogP contribution in [-0.2, 0) is 16.6 Å². The SMILES string of the molecule is CC1=Cc2c(cccc2C23CCCC2(C(N)=O)CC3)C1. The average molecular weight is 267 g/mol. The van der Waals surface area contributed by atoms with E-state index in [0.717, 1.165) is 38.5 Å². The van der Waals surface area contributed by atoms with E-state index in [9.17, 15) is 4.79 Å². The van der Waals surface area contributed by atoms with E-state index in [-0.39, 0.29) is 16.7 Å². The molecule has 2 saturated carbocycles. The van der Waals surface area contributed by atoms with Gasteiger partial charge in [0.15, 0.2) is 0 Å². The van der Waals surface area contributed by atoms with Gasteiger partial charge in [0.25, 0.3) is 0 Å². The van der Waals surface area contributed by atoms with Crippen LogP contribution in [0, 0.1) is 5.41 Å². The molecule has 2 N–H and O–H groups in total. The number of fused-ring (bicyclic) bond motifs is 2. The molecule has 2 unspecified atom stereocenters. The largest absolute Gasteiger partial charge is 0.369 e. The van der Waals surface area contributed by atoms with Crippen molar-refractivity contribution in [2.45, 2.75) is 50.9 Å². The summed E-state index contributed by atoms with van der Waals surface area (Å²) in [5, 5.41) is 0. The molecule has 0 radical (unpaired) electrons. The van der Waals surface area contributed by atoms with Crippen molar-refractivity contribution >= 4 is 12.0 Å². The molecule has 0 spiro atoms. The second-order valence-corrected chi connectivity index (χ2v) is 6.93. The fourth-order valence-corrected chi connectivity index (χ4v) is 5.11. The van der Waals surface area contributed by atoms with Crippen molar-refractivity contribution in [3.05, 3.63) is 40.5 Å². The summed E-state index contributed by atoms with van der Waals surface area (Å²) >= 11 is 0. The van der Waals surface area contributed by atoms with Crippen molar-refractivity contribution in [1.29, 1.82) is 0 Å². The van der Waals surface area contributed by atoms with E-state index < -0.39 is 0 Å². The van der Waals surface area contributed by atoms with Gasteiger partial charge in [-0.3, -0.25) is 4.79 Å². The maximum atomic E-state index is 12.1. The van der Waals surface area contributed by atoms with Crippen LogP contribution in [-0.4, -0.2) is 5.91 Å². The molecule has 0 saturated heterocycles. The van der Waals surface area contributed by atoms with E-state index >= 15 is 0 Å². The Morgan fingerprint density at radius 1 is 1.20 bits per heavy atom. The second kappa shape index (κ2) is 3.75. The Morgan fingerprint density at radius 3 is 2.75 bits per heavy atom. The van der Waals surface area contributed by atoms with E-state index in [2.05, 4.69) is 31.2 Å². The zero-order valence-electron chi connectivity index (χ0n) is 12.0. The molecule has 3 aliphatic rings. The summed E-state index contributed by atoms with van der Waals surface area (Å²) in [4.78, 5) is 12.1. The Kier molecular flexibility index (Phi) is 2.28. The predicted octanol–water partition coefficient (Wildman–Crippen LogP) is 3.33. The van der Waals surface area contributed by atoms with E-state index in [1.807, 2.05) is 0 Å². The van der Waals surface area contributed by atoms with Crippen LogP contribution in [0.1, 0.15) is 55.7 Å². The van der Waals surface area contributed by atoms with Gasteiger partial charge in [0.2, 0.25) is 5.91 Å². The molecule has 0 aliphatic heterocycles. The predicted molar refractivity (Wildman–Crippen MR) is 80.2 cm³/mol. The number of primary amides is 1. The highest BCUT2D eigenvalue weighted by Gasteiger charge is 2.66. The number of nitrogens with two attached hydrogens (primary N) is 1. The van der Waals surface area contributed by atoms with Gasteiger partial charge < -0.3 is 5.73 Å². The quantitative estimate of drug-likeness (QED) is 0.877. The van der Waals surface area contributed by atoms with Gasteiger partial charge in [-0.15, -0.1) is 0 Å². The lowest BCUT2D eigenvalue weighted by Gasteiger charge is -2.54. The molecule has 0 aromatic heterocycles. The molecule has 20 heavy (non-hydrogen) atoms. The van der Waals surface area contributed by atoms with Crippen LogP contribution in [0.15, 0.2) is 23.8 Å². The highest BCUT2D eigenvalue weighted by molar-refractivity contribution is 5.86. The standard InChI is InChI=1S/C18H21NO/c1-12-10-13-4-2-5-15(14(13)11-12)17-6-3-7-18(17,9-8-17)16(19)20/h2,4-5,11H,3,6-10H2,1H3,(H2,19,20). The summed E-state index contributed by atoms with van der Waals surface area (Å²) in [5.41, 5.74) is 11.2. The van der Waals surface area contributed by atoms with Crippen LogP contribution in [0.25, 0.3) is 6.08 Å². The lowest BCUT2D eigenvalue weighted by Crippen LogP contribution is -2.58. The Balaban J connectivity index is 1.91. The number of carbonyl (C=O) groups is 1. The first-order chi connectivity index (χ1) is 9.59. The summed E-state index contributed by atoms with van der Waals surface area (Å²) in [5.74, 6) is -0.0717. The van der Waals surface area contributed by atoms with Crippen molar-refractivity contribution in [2.75, 3.05) is 0 Å². The van der Waals surface area contributed by atoms with E-state index in [0.29, 0.717) is 0 Å². The molecule has 1 aromatic carbocycles. The van der Waals surface area contributed by atoms with Gasteiger partial charge in [-0.25, -0.2) is 0 Å². The molecule has 104 valence electrons. The highest BCUT2D eigenvalue weighted by atomic mass is 16.1. The lowest BCUT2D eigenvalue weighted by atomic mass is 9.47. The van der Waals surface area contributed by atoms with Crippen LogP contribution in [0.2, 0.25) is 0 Å². The Morgan fingerprint density at radius 2 is 2.05 bits per heavy atom. The number of rotatable bonds is 2. The van der Waals surface area contributed by atoms with Crippen molar-refractivity contribution in [1.82, 2.24) is 0 Å². The monoisotopic (exact) mass is 267 g/mol. The number of hydrogen-bond acceptors (Lipinski definition) is 1. The first-order valence-electron chi connectivity index (χ1n) is 7.69. The van der Waals surface area contributed by atoms with Crippen LogP contribution in [0.3, 0.4) is 0 Å². The molecular weight excluding hydrogens is 246 g/mol. The number of benzene rings is 1. The summed E-state index contributed by atoms with van der Waals surface area (Å²) in [6.07, 6.45) is 8.72. The minimum Gasteiger partial charge on any atom is -0.369 e. The third kappa shape index (κ3) is 1.23. The molecule has 2 atom stereocenters. The maximum absolute atomic E-state index is 12.1. The Labute approximate surface area is 120 Å². The average Bonchev–Trinajstić information content (AvgIpc) is 2.88. The number of amides is 1. The van der Waals surface area contributed by atoms with Crippen molar-refractivity contribution in [3.63, 3.8) is 0 Å². The number of hydrogen-bond donors (Lipinski definition) is 1. The zero-order valence-corrected chi connectivity index (χ0v) is 12.0. The van der Waals surface area contributed by atoms with Gasteiger partial charge in [-0.05, 0) is 55.7 Å².